The molecule has 4 aromatic rings. The van der Waals surface area contributed by atoms with Crippen LogP contribution in [0, 0.1) is 13.8 Å². The minimum atomic E-state index is -0.154. The normalized spacial score (nSPS) is 11.4. The van der Waals surface area contributed by atoms with Gasteiger partial charge in [0.1, 0.15) is 10.7 Å². The van der Waals surface area contributed by atoms with Gasteiger partial charge in [0.15, 0.2) is 0 Å². The highest BCUT2D eigenvalue weighted by Crippen LogP contribution is 2.28. The Morgan fingerprint density at radius 1 is 1.07 bits per heavy atom. The van der Waals surface area contributed by atoms with E-state index < -0.39 is 0 Å². The zero-order valence-corrected chi connectivity index (χ0v) is 17.5. The van der Waals surface area contributed by atoms with Gasteiger partial charge in [-0.2, -0.15) is 0 Å². The van der Waals surface area contributed by atoms with Gasteiger partial charge in [-0.1, -0.05) is 53.2 Å². The smallest absolute Gasteiger partial charge is 0.267 e. The number of aromatic nitrogens is 2. The Bertz CT molecular complexity index is 1280. The molecule has 2 aromatic heterocycles. The number of hydrogen-bond donors (Lipinski definition) is 0. The van der Waals surface area contributed by atoms with Crippen LogP contribution in [0.2, 0.25) is 5.02 Å². The van der Waals surface area contributed by atoms with Crippen molar-refractivity contribution in [1.29, 1.82) is 0 Å². The van der Waals surface area contributed by atoms with Crippen molar-refractivity contribution < 1.29 is 0 Å². The summed E-state index contributed by atoms with van der Waals surface area (Å²) in [5.41, 5.74) is 3.73. The van der Waals surface area contributed by atoms with Crippen LogP contribution in [-0.4, -0.2) is 15.6 Å². The maximum Gasteiger partial charge on any atom is 0.267 e. The minimum absolute atomic E-state index is 0.154. The summed E-state index contributed by atoms with van der Waals surface area (Å²) in [6.07, 6.45) is 3.31. The van der Waals surface area contributed by atoms with Crippen LogP contribution in [0.3, 0.4) is 0 Å². The largest absolute Gasteiger partial charge is 0.268 e. The maximum atomic E-state index is 13.2. The first-order valence-corrected chi connectivity index (χ1v) is 10.3. The number of fused-ring (bicyclic) bond motifs is 1. The molecule has 0 saturated heterocycles. The summed E-state index contributed by atoms with van der Waals surface area (Å²) in [7, 11) is 0. The van der Waals surface area contributed by atoms with Crippen LogP contribution in [0.1, 0.15) is 16.7 Å². The number of hydrogen-bond acceptors (Lipinski definition) is 4. The van der Waals surface area contributed by atoms with Crippen molar-refractivity contribution in [3.63, 3.8) is 0 Å². The van der Waals surface area contributed by atoms with Crippen LogP contribution in [-0.2, 0) is 0 Å². The van der Waals surface area contributed by atoms with Crippen molar-refractivity contribution in [2.75, 3.05) is 0 Å². The Morgan fingerprint density at radius 2 is 1.86 bits per heavy atom. The molecule has 0 spiro atoms. The highest BCUT2D eigenvalue weighted by Gasteiger charge is 2.14. The molecule has 0 aliphatic heterocycles. The summed E-state index contributed by atoms with van der Waals surface area (Å²) in [5.74, 6) is 0. The van der Waals surface area contributed by atoms with E-state index in [1.165, 1.54) is 17.3 Å². The molecule has 0 atom stereocenters. The quantitative estimate of drug-likeness (QED) is 0.307. The topological polar surface area (TPSA) is 46.7 Å². The molecule has 144 valence electrons. The molecule has 2 aromatic carbocycles. The zero-order valence-electron chi connectivity index (χ0n) is 16.0. The highest BCUT2D eigenvalue weighted by molar-refractivity contribution is 7.99. The number of aliphatic imine (C=N–C) groups is 1. The Hall–Kier alpha value is -2.89. The number of pyridine rings is 1. The molecular formula is C23H18ClN3OS. The number of rotatable bonds is 4. The van der Waals surface area contributed by atoms with Gasteiger partial charge in [-0.25, -0.2) is 4.98 Å². The first-order valence-electron chi connectivity index (χ1n) is 9.07. The zero-order chi connectivity index (χ0) is 20.4. The van der Waals surface area contributed by atoms with E-state index in [-0.39, 0.29) is 5.56 Å². The van der Waals surface area contributed by atoms with E-state index in [1.54, 1.807) is 28.9 Å². The molecule has 0 fully saturated rings. The predicted octanol–water partition coefficient (Wildman–Crippen LogP) is 5.87. The van der Waals surface area contributed by atoms with Gasteiger partial charge in [0.05, 0.1) is 11.3 Å². The van der Waals surface area contributed by atoms with E-state index in [9.17, 15) is 4.79 Å². The fraction of sp³-hybridized carbons (Fsp3) is 0.0870. The molecule has 0 saturated carbocycles. The maximum absolute atomic E-state index is 13.2. The van der Waals surface area contributed by atoms with E-state index >= 15 is 0 Å². The second-order valence-electron chi connectivity index (χ2n) is 6.67. The van der Waals surface area contributed by atoms with E-state index in [4.69, 9.17) is 16.6 Å². The lowest BCUT2D eigenvalue weighted by atomic mass is 10.2. The number of benzene rings is 2. The fourth-order valence-corrected chi connectivity index (χ4v) is 3.96. The molecule has 0 bridgehead atoms. The Kier molecular flexibility index (Phi) is 5.51. The van der Waals surface area contributed by atoms with E-state index in [1.807, 2.05) is 62.4 Å². The summed E-state index contributed by atoms with van der Waals surface area (Å²) in [5, 5.41) is 1.22. The molecule has 0 amide bonds. The third-order valence-electron chi connectivity index (χ3n) is 4.44. The predicted molar refractivity (Wildman–Crippen MR) is 120 cm³/mol. The van der Waals surface area contributed by atoms with Crippen molar-refractivity contribution in [3.05, 3.63) is 98.9 Å². The van der Waals surface area contributed by atoms with Gasteiger partial charge in [-0.3, -0.25) is 14.2 Å². The molecule has 29 heavy (non-hydrogen) atoms. The van der Waals surface area contributed by atoms with Gasteiger partial charge in [0, 0.05) is 22.3 Å². The second kappa shape index (κ2) is 8.23. The van der Waals surface area contributed by atoms with E-state index in [0.29, 0.717) is 26.9 Å². The summed E-state index contributed by atoms with van der Waals surface area (Å²) in [6.45, 7) is 3.99. The molecule has 0 aliphatic rings. The SMILES string of the molecule is Cc1ccc(Sc2nc3c(C)cccn3c(=O)c2C=Nc2cccc(Cl)c2)cc1. The molecular weight excluding hydrogens is 402 g/mol. The van der Waals surface area contributed by atoms with Crippen molar-refractivity contribution in [2.45, 2.75) is 23.8 Å². The average Bonchev–Trinajstić information content (AvgIpc) is 2.70. The number of nitrogens with zero attached hydrogens (tertiary/aromatic N) is 3. The van der Waals surface area contributed by atoms with Gasteiger partial charge < -0.3 is 0 Å². The molecule has 2 heterocycles. The minimum Gasteiger partial charge on any atom is -0.268 e. The summed E-state index contributed by atoms with van der Waals surface area (Å²) < 4.78 is 1.56. The molecule has 4 rings (SSSR count). The van der Waals surface area contributed by atoms with E-state index in [0.717, 1.165) is 10.5 Å². The molecule has 0 aliphatic carbocycles. The van der Waals surface area contributed by atoms with Crippen LogP contribution in [0.4, 0.5) is 5.69 Å². The van der Waals surface area contributed by atoms with Gasteiger partial charge in [-0.05, 0) is 55.8 Å². The fourth-order valence-electron chi connectivity index (χ4n) is 2.89. The second-order valence-corrected chi connectivity index (χ2v) is 8.17. The molecule has 0 N–H and O–H groups in total. The van der Waals surface area contributed by atoms with Crippen molar-refractivity contribution >= 4 is 40.9 Å². The van der Waals surface area contributed by atoms with Crippen LogP contribution < -0.4 is 5.56 Å². The van der Waals surface area contributed by atoms with Gasteiger partial charge >= 0.3 is 0 Å². The summed E-state index contributed by atoms with van der Waals surface area (Å²) in [4.78, 5) is 23.5. The van der Waals surface area contributed by atoms with E-state index in [2.05, 4.69) is 4.99 Å². The Morgan fingerprint density at radius 3 is 2.62 bits per heavy atom. The summed E-state index contributed by atoms with van der Waals surface area (Å²) in [6, 6.07) is 19.1. The highest BCUT2D eigenvalue weighted by atomic mass is 35.5. The summed E-state index contributed by atoms with van der Waals surface area (Å²) >= 11 is 7.51. The Labute approximate surface area is 177 Å². The van der Waals surface area contributed by atoms with Crippen LogP contribution in [0.15, 0.2) is 86.6 Å². The van der Waals surface area contributed by atoms with Crippen molar-refractivity contribution in [3.8, 4) is 0 Å². The van der Waals surface area contributed by atoms with Crippen LogP contribution >= 0.6 is 23.4 Å². The first-order chi connectivity index (χ1) is 14.0. The third-order valence-corrected chi connectivity index (χ3v) is 5.68. The molecule has 4 nitrogen and oxygen atoms in total. The molecule has 0 radical (unpaired) electrons. The van der Waals surface area contributed by atoms with Gasteiger partial charge in [-0.15, -0.1) is 0 Å². The lowest BCUT2D eigenvalue weighted by Gasteiger charge is -2.09. The number of halogens is 1. The average molecular weight is 420 g/mol. The third kappa shape index (κ3) is 4.26. The standard InChI is InChI=1S/C23H18ClN3OS/c1-15-8-10-19(11-9-15)29-22-20(14-25-18-7-3-6-17(24)13-18)23(28)27-12-4-5-16(2)21(27)26-22/h3-14H,1-2H3. The number of aryl methyl sites for hydroxylation is 2. The van der Waals surface area contributed by atoms with Crippen LogP contribution in [0.25, 0.3) is 5.65 Å². The van der Waals surface area contributed by atoms with Gasteiger partial charge in [0.2, 0.25) is 0 Å². The van der Waals surface area contributed by atoms with Crippen molar-refractivity contribution in [1.82, 2.24) is 9.38 Å². The van der Waals surface area contributed by atoms with Crippen molar-refractivity contribution in [2.24, 2.45) is 4.99 Å². The monoisotopic (exact) mass is 419 g/mol. The molecule has 6 heteroatoms. The van der Waals surface area contributed by atoms with Crippen LogP contribution in [0.5, 0.6) is 0 Å². The lowest BCUT2D eigenvalue weighted by Crippen LogP contribution is -2.21. The Balaban J connectivity index is 1.86. The van der Waals surface area contributed by atoms with Gasteiger partial charge in [0.25, 0.3) is 5.56 Å². The first kappa shape index (κ1) is 19.4. The molecule has 0 unspecified atom stereocenters. The lowest BCUT2D eigenvalue weighted by molar-refractivity contribution is 0.968.